The predicted molar refractivity (Wildman–Crippen MR) is 149 cm³/mol. The number of methoxy groups -OCH3 is 2. The number of benzene rings is 2. The maximum Gasteiger partial charge on any atom is 0.309 e. The summed E-state index contributed by atoms with van der Waals surface area (Å²) in [7, 11) is 2.86. The van der Waals surface area contributed by atoms with Gasteiger partial charge in [-0.05, 0) is 45.8 Å². The summed E-state index contributed by atoms with van der Waals surface area (Å²) in [4.78, 5) is 34.5. The molecule has 2 aromatic rings. The van der Waals surface area contributed by atoms with E-state index in [9.17, 15) is 14.4 Å². The molecule has 0 aromatic heterocycles. The Bertz CT molecular complexity index is 1160. The first-order valence-corrected chi connectivity index (χ1v) is 13.1. The van der Waals surface area contributed by atoms with E-state index in [1.807, 2.05) is 68.5 Å². The van der Waals surface area contributed by atoms with Crippen molar-refractivity contribution in [1.82, 2.24) is 0 Å². The molecule has 5 nitrogen and oxygen atoms in total. The van der Waals surface area contributed by atoms with E-state index in [0.717, 1.165) is 23.8 Å². The van der Waals surface area contributed by atoms with E-state index in [4.69, 9.17) is 9.47 Å². The molecule has 2 saturated carbocycles. The van der Waals surface area contributed by atoms with Crippen molar-refractivity contribution in [2.24, 2.45) is 34.5 Å². The van der Waals surface area contributed by atoms with E-state index in [0.29, 0.717) is 12.3 Å². The molecule has 0 bridgehead atoms. The molecule has 0 N–H and O–H groups in total. The van der Waals surface area contributed by atoms with Gasteiger partial charge in [-0.3, -0.25) is 14.4 Å². The third kappa shape index (κ3) is 6.89. The maximum atomic E-state index is 11.7. The van der Waals surface area contributed by atoms with Gasteiger partial charge in [-0.2, -0.15) is 0 Å². The van der Waals surface area contributed by atoms with E-state index in [1.165, 1.54) is 19.8 Å². The minimum Gasteiger partial charge on any atom is -0.469 e. The molecule has 0 spiro atoms. The smallest absolute Gasteiger partial charge is 0.309 e. The summed E-state index contributed by atoms with van der Waals surface area (Å²) in [6, 6.07) is 20.2. The highest BCUT2D eigenvalue weighted by atomic mass is 16.5. The Hall–Kier alpha value is -3.47. The first-order chi connectivity index (χ1) is 18.1. The van der Waals surface area contributed by atoms with Gasteiger partial charge in [0, 0.05) is 6.42 Å². The molecule has 4 atom stereocenters. The second kappa shape index (κ2) is 12.4. The van der Waals surface area contributed by atoms with Crippen LogP contribution in [0.5, 0.6) is 0 Å². The lowest BCUT2D eigenvalue weighted by atomic mass is 10.0. The van der Waals surface area contributed by atoms with Crippen molar-refractivity contribution in [3.8, 4) is 0 Å². The average Bonchev–Trinajstić information content (AvgIpc) is 3.69. The number of rotatable bonds is 9. The third-order valence-corrected chi connectivity index (χ3v) is 8.07. The largest absolute Gasteiger partial charge is 0.469 e. The summed E-state index contributed by atoms with van der Waals surface area (Å²) < 4.78 is 9.65. The molecule has 2 aromatic carbocycles. The second-order valence-corrected chi connectivity index (χ2v) is 11.3. The Labute approximate surface area is 226 Å². The van der Waals surface area contributed by atoms with Gasteiger partial charge in [-0.15, -0.1) is 0 Å². The molecular formula is C33H40O5. The van der Waals surface area contributed by atoms with Gasteiger partial charge in [0.25, 0.3) is 0 Å². The Balaban J connectivity index is 0.000000212. The van der Waals surface area contributed by atoms with E-state index in [1.54, 1.807) is 0 Å². The van der Waals surface area contributed by atoms with Gasteiger partial charge in [0.1, 0.15) is 6.29 Å². The fourth-order valence-electron chi connectivity index (χ4n) is 5.35. The van der Waals surface area contributed by atoms with Crippen LogP contribution in [-0.4, -0.2) is 32.4 Å². The summed E-state index contributed by atoms with van der Waals surface area (Å²) in [5.74, 6) is -0.00385. The fourth-order valence-corrected chi connectivity index (χ4v) is 5.35. The van der Waals surface area contributed by atoms with Crippen molar-refractivity contribution >= 4 is 18.2 Å². The normalized spacial score (nSPS) is 24.5. The summed E-state index contributed by atoms with van der Waals surface area (Å²) >= 11 is 0. The summed E-state index contributed by atoms with van der Waals surface area (Å²) in [6.45, 7) is 8.29. The molecule has 2 aliphatic rings. The van der Waals surface area contributed by atoms with Crippen molar-refractivity contribution in [2.45, 2.75) is 40.5 Å². The lowest BCUT2D eigenvalue weighted by Gasteiger charge is -2.02. The van der Waals surface area contributed by atoms with Gasteiger partial charge in [-0.25, -0.2) is 0 Å². The van der Waals surface area contributed by atoms with Crippen LogP contribution >= 0.6 is 0 Å². The number of hydrogen-bond acceptors (Lipinski definition) is 5. The molecule has 0 saturated heterocycles. The number of allylic oxidation sites excluding steroid dienone is 4. The van der Waals surface area contributed by atoms with Crippen LogP contribution in [0.25, 0.3) is 0 Å². The molecule has 2 aliphatic carbocycles. The quantitative estimate of drug-likeness (QED) is 0.176. The van der Waals surface area contributed by atoms with Crippen LogP contribution in [0, 0.1) is 34.5 Å². The average molecular weight is 517 g/mol. The van der Waals surface area contributed by atoms with E-state index in [2.05, 4.69) is 38.1 Å². The van der Waals surface area contributed by atoms with E-state index >= 15 is 0 Å². The molecule has 38 heavy (non-hydrogen) atoms. The highest BCUT2D eigenvalue weighted by Gasteiger charge is 2.62. The van der Waals surface area contributed by atoms with Crippen LogP contribution in [0.3, 0.4) is 0 Å². The zero-order valence-electron chi connectivity index (χ0n) is 23.3. The lowest BCUT2D eigenvalue weighted by Crippen LogP contribution is -2.07. The first-order valence-electron chi connectivity index (χ1n) is 13.1. The minimum atomic E-state index is -0.193. The van der Waals surface area contributed by atoms with Crippen molar-refractivity contribution in [2.75, 3.05) is 14.2 Å². The molecule has 2 fully saturated rings. The molecule has 0 heterocycles. The van der Waals surface area contributed by atoms with Gasteiger partial charge in [0.15, 0.2) is 0 Å². The van der Waals surface area contributed by atoms with Crippen LogP contribution in [0.1, 0.15) is 38.8 Å². The van der Waals surface area contributed by atoms with Gasteiger partial charge < -0.3 is 9.47 Å². The SMILES string of the molecule is COC(=O)C1C(/C=C(/C=O)Cc2ccccc2)C1(C)C.COC(=O)C1C(/C=C\Cc2ccccc2)C1(C)C. The predicted octanol–water partition coefficient (Wildman–Crippen LogP) is 6.03. The van der Waals surface area contributed by atoms with Crippen molar-refractivity contribution in [3.63, 3.8) is 0 Å². The first kappa shape index (κ1) is 29.1. The van der Waals surface area contributed by atoms with Crippen LogP contribution in [0.4, 0.5) is 0 Å². The molecule has 5 heteroatoms. The number of hydrogen-bond donors (Lipinski definition) is 0. The zero-order valence-corrected chi connectivity index (χ0v) is 23.3. The summed E-state index contributed by atoms with van der Waals surface area (Å²) in [5.41, 5.74) is 3.03. The van der Waals surface area contributed by atoms with Gasteiger partial charge >= 0.3 is 11.9 Å². The Morgan fingerprint density at radius 2 is 1.24 bits per heavy atom. The van der Waals surface area contributed by atoms with Gasteiger partial charge in [-0.1, -0.05) is 107 Å². The highest BCUT2D eigenvalue weighted by molar-refractivity contribution is 5.80. The van der Waals surface area contributed by atoms with Crippen LogP contribution in [0.15, 0.2) is 84.5 Å². The van der Waals surface area contributed by atoms with Crippen molar-refractivity contribution < 1.29 is 23.9 Å². The Morgan fingerprint density at radius 3 is 1.74 bits per heavy atom. The van der Waals surface area contributed by atoms with Crippen LogP contribution in [-0.2, 0) is 36.7 Å². The van der Waals surface area contributed by atoms with Gasteiger partial charge in [0.2, 0.25) is 0 Å². The Kier molecular flexibility index (Phi) is 9.48. The number of carbonyl (C=O) groups is 3. The molecular weight excluding hydrogens is 476 g/mol. The number of esters is 2. The molecule has 0 amide bonds. The van der Waals surface area contributed by atoms with Crippen LogP contribution in [0.2, 0.25) is 0 Å². The number of ether oxygens (including phenoxy) is 2. The highest BCUT2D eigenvalue weighted by Crippen LogP contribution is 2.60. The summed E-state index contributed by atoms with van der Waals surface area (Å²) in [5, 5.41) is 0. The topological polar surface area (TPSA) is 69.7 Å². The minimum absolute atomic E-state index is 0.0227. The second-order valence-electron chi connectivity index (χ2n) is 11.3. The van der Waals surface area contributed by atoms with E-state index < -0.39 is 0 Å². The van der Waals surface area contributed by atoms with Gasteiger partial charge in [0.05, 0.1) is 26.1 Å². The van der Waals surface area contributed by atoms with Crippen molar-refractivity contribution in [1.29, 1.82) is 0 Å². The molecule has 4 unspecified atom stereocenters. The number of carbonyl (C=O) groups excluding carboxylic acids is 3. The molecule has 4 rings (SSSR count). The Morgan fingerprint density at radius 1 is 0.763 bits per heavy atom. The van der Waals surface area contributed by atoms with E-state index in [-0.39, 0.29) is 40.5 Å². The molecule has 202 valence electrons. The monoisotopic (exact) mass is 516 g/mol. The fraction of sp³-hybridized carbons (Fsp3) is 0.424. The zero-order chi connectivity index (χ0) is 27.9. The standard InChI is InChI=1S/C17H20O3.C16H20O2/c1-17(2)14(15(17)16(19)20-3)10-13(11-18)9-12-7-5-4-6-8-12;1-16(2)13(14(16)15(17)18-3)11-7-10-12-8-5-4-6-9-12/h4-8,10-11,14-15H,9H2,1-3H3;4-9,11,13-14H,10H2,1-3H3/b13-10+;11-7-. The third-order valence-electron chi connectivity index (χ3n) is 8.07. The molecule has 0 aliphatic heterocycles. The summed E-state index contributed by atoms with van der Waals surface area (Å²) in [6.07, 6.45) is 8.66. The molecule has 0 radical (unpaired) electrons. The maximum absolute atomic E-state index is 11.7. The van der Waals surface area contributed by atoms with Crippen molar-refractivity contribution in [3.05, 3.63) is 95.6 Å². The lowest BCUT2D eigenvalue weighted by molar-refractivity contribution is -0.144. The number of aldehydes is 1. The van der Waals surface area contributed by atoms with Crippen LogP contribution < -0.4 is 0 Å².